The van der Waals surface area contributed by atoms with E-state index in [1.807, 2.05) is 61.6 Å². The molecule has 0 aliphatic carbocycles. The van der Waals surface area contributed by atoms with E-state index in [4.69, 9.17) is 4.18 Å². The minimum Gasteiger partial charge on any atom is -0.351 e. The number of rotatable bonds is 13. The molecule has 3 aromatic carbocycles. The summed E-state index contributed by atoms with van der Waals surface area (Å²) in [5.41, 5.74) is 2.92. The number of nitrogens with zero attached hydrogens (tertiary/aromatic N) is 3. The van der Waals surface area contributed by atoms with E-state index in [1.54, 1.807) is 15.8 Å². The number of aryl methyl sites for hydroxylation is 1. The van der Waals surface area contributed by atoms with Crippen LogP contribution in [0.1, 0.15) is 29.5 Å². The second kappa shape index (κ2) is 12.1. The number of hydrogen-bond donors (Lipinski definition) is 1. The standard InChI is InChI=1S/C29H32N4O4S/c1-32-28(27(22-30-32)33(23-34)20-12-13-21-37-38(2,35)36)31-29(24-14-6-3-7-15-24,25-16-8-4-9-17-25)26-18-10-5-11-19-26/h3-11,14-19,22-23,31H,12-13,20-21H2,1-2H3. The van der Waals surface area contributed by atoms with E-state index in [0.717, 1.165) is 29.4 Å². The van der Waals surface area contributed by atoms with Gasteiger partial charge in [-0.15, -0.1) is 0 Å². The first kappa shape index (κ1) is 27.1. The van der Waals surface area contributed by atoms with Crippen LogP contribution >= 0.6 is 0 Å². The van der Waals surface area contributed by atoms with Gasteiger partial charge in [-0.1, -0.05) is 91.0 Å². The summed E-state index contributed by atoms with van der Waals surface area (Å²) in [5.74, 6) is 0.668. The molecule has 198 valence electrons. The second-order valence-corrected chi connectivity index (χ2v) is 10.7. The molecule has 0 atom stereocenters. The number of hydrogen-bond acceptors (Lipinski definition) is 6. The number of amides is 1. The van der Waals surface area contributed by atoms with E-state index in [2.05, 4.69) is 46.8 Å². The molecule has 0 fully saturated rings. The van der Waals surface area contributed by atoms with E-state index >= 15 is 0 Å². The number of unbranched alkanes of at least 4 members (excludes halogenated alkanes) is 1. The van der Waals surface area contributed by atoms with Gasteiger partial charge in [0.2, 0.25) is 6.41 Å². The fourth-order valence-corrected chi connectivity index (χ4v) is 4.98. The van der Waals surface area contributed by atoms with Crippen molar-refractivity contribution in [2.24, 2.45) is 7.05 Å². The van der Waals surface area contributed by atoms with Crippen LogP contribution in [-0.2, 0) is 31.7 Å². The molecule has 38 heavy (non-hydrogen) atoms. The molecule has 0 saturated heterocycles. The largest absolute Gasteiger partial charge is 0.351 e. The zero-order valence-electron chi connectivity index (χ0n) is 21.5. The molecule has 0 aliphatic rings. The topological polar surface area (TPSA) is 93.5 Å². The third-order valence-corrected chi connectivity index (χ3v) is 6.97. The lowest BCUT2D eigenvalue weighted by Gasteiger charge is -2.38. The molecule has 4 rings (SSSR count). The van der Waals surface area contributed by atoms with Gasteiger partial charge in [0.1, 0.15) is 17.0 Å². The Morgan fingerprint density at radius 2 is 1.39 bits per heavy atom. The van der Waals surface area contributed by atoms with E-state index in [0.29, 0.717) is 30.9 Å². The summed E-state index contributed by atoms with van der Waals surface area (Å²) < 4.78 is 29.0. The predicted molar refractivity (Wildman–Crippen MR) is 149 cm³/mol. The summed E-state index contributed by atoms with van der Waals surface area (Å²) in [5, 5.41) is 8.27. The average molecular weight is 533 g/mol. The van der Waals surface area contributed by atoms with Gasteiger partial charge < -0.3 is 10.2 Å². The van der Waals surface area contributed by atoms with Crippen LogP contribution in [0.25, 0.3) is 0 Å². The van der Waals surface area contributed by atoms with Gasteiger partial charge in [-0.05, 0) is 29.5 Å². The van der Waals surface area contributed by atoms with Crippen molar-refractivity contribution in [3.8, 4) is 0 Å². The van der Waals surface area contributed by atoms with Crippen molar-refractivity contribution in [3.63, 3.8) is 0 Å². The third-order valence-electron chi connectivity index (χ3n) is 6.37. The molecule has 0 aliphatic heterocycles. The van der Waals surface area contributed by atoms with Crippen molar-refractivity contribution >= 4 is 28.0 Å². The summed E-state index contributed by atoms with van der Waals surface area (Å²) in [4.78, 5) is 13.8. The van der Waals surface area contributed by atoms with Crippen LogP contribution in [0.4, 0.5) is 11.5 Å². The molecular weight excluding hydrogens is 500 g/mol. The number of carbonyl (C=O) groups excluding carboxylic acids is 1. The van der Waals surface area contributed by atoms with Gasteiger partial charge in [0.15, 0.2) is 0 Å². The van der Waals surface area contributed by atoms with Crippen LogP contribution in [0.15, 0.2) is 97.2 Å². The molecule has 0 unspecified atom stereocenters. The van der Waals surface area contributed by atoms with Crippen molar-refractivity contribution in [1.29, 1.82) is 0 Å². The molecule has 1 amide bonds. The lowest BCUT2D eigenvalue weighted by atomic mass is 9.77. The zero-order valence-corrected chi connectivity index (χ0v) is 22.3. The van der Waals surface area contributed by atoms with Crippen LogP contribution in [0.5, 0.6) is 0 Å². The molecule has 8 nitrogen and oxygen atoms in total. The van der Waals surface area contributed by atoms with Gasteiger partial charge in [-0.2, -0.15) is 13.5 Å². The zero-order chi connectivity index (χ0) is 27.0. The average Bonchev–Trinajstić information content (AvgIpc) is 3.29. The Labute approximate surface area is 224 Å². The van der Waals surface area contributed by atoms with E-state index in [1.165, 1.54) is 0 Å². The molecule has 0 spiro atoms. The van der Waals surface area contributed by atoms with Gasteiger partial charge in [0, 0.05) is 13.6 Å². The Morgan fingerprint density at radius 3 is 1.84 bits per heavy atom. The van der Waals surface area contributed by atoms with Crippen LogP contribution in [0.2, 0.25) is 0 Å². The van der Waals surface area contributed by atoms with Gasteiger partial charge in [-0.3, -0.25) is 13.7 Å². The Morgan fingerprint density at radius 1 is 0.895 bits per heavy atom. The van der Waals surface area contributed by atoms with E-state index < -0.39 is 15.7 Å². The predicted octanol–water partition coefficient (Wildman–Crippen LogP) is 4.54. The molecular formula is C29H32N4O4S. The Kier molecular flexibility index (Phi) is 8.60. The summed E-state index contributed by atoms with van der Waals surface area (Å²) in [7, 11) is -1.66. The fourth-order valence-electron chi connectivity index (χ4n) is 4.56. The summed E-state index contributed by atoms with van der Waals surface area (Å²) >= 11 is 0. The van der Waals surface area contributed by atoms with Gasteiger partial charge >= 0.3 is 0 Å². The SMILES string of the molecule is Cn1ncc(N(C=O)CCCCOS(C)(=O)=O)c1NC(c1ccccc1)(c1ccccc1)c1ccccc1. The van der Waals surface area contributed by atoms with Crippen molar-refractivity contribution in [1.82, 2.24) is 9.78 Å². The Balaban J connectivity index is 1.75. The van der Waals surface area contributed by atoms with Crippen molar-refractivity contribution < 1.29 is 17.4 Å². The summed E-state index contributed by atoms with van der Waals surface area (Å²) in [6.07, 6.45) is 4.51. The molecule has 1 aromatic heterocycles. The minimum atomic E-state index is -3.49. The van der Waals surface area contributed by atoms with Crippen LogP contribution in [-0.4, -0.2) is 44.0 Å². The lowest BCUT2D eigenvalue weighted by molar-refractivity contribution is -0.107. The molecule has 1 N–H and O–H groups in total. The highest BCUT2D eigenvalue weighted by molar-refractivity contribution is 7.85. The highest BCUT2D eigenvalue weighted by Crippen LogP contribution is 2.41. The highest BCUT2D eigenvalue weighted by Gasteiger charge is 2.38. The number of nitrogens with one attached hydrogen (secondary N) is 1. The van der Waals surface area contributed by atoms with Gasteiger partial charge in [0.25, 0.3) is 10.1 Å². The molecule has 0 saturated carbocycles. The quantitative estimate of drug-likeness (QED) is 0.118. The summed E-state index contributed by atoms with van der Waals surface area (Å²) in [6, 6.07) is 30.5. The van der Waals surface area contributed by atoms with Gasteiger partial charge in [0.05, 0.1) is 19.1 Å². The number of benzene rings is 3. The maximum Gasteiger partial charge on any atom is 0.264 e. The fraction of sp³-hybridized carbons (Fsp3) is 0.241. The monoisotopic (exact) mass is 532 g/mol. The minimum absolute atomic E-state index is 0.0722. The number of aromatic nitrogens is 2. The van der Waals surface area contributed by atoms with Crippen molar-refractivity contribution in [3.05, 3.63) is 114 Å². The maximum absolute atomic E-state index is 12.2. The molecule has 0 radical (unpaired) electrons. The number of carbonyl (C=O) groups is 1. The first-order chi connectivity index (χ1) is 18.3. The van der Waals surface area contributed by atoms with Crippen LogP contribution in [0, 0.1) is 0 Å². The third kappa shape index (κ3) is 6.12. The maximum atomic E-state index is 12.2. The molecule has 0 bridgehead atoms. The normalized spacial score (nSPS) is 11.7. The van der Waals surface area contributed by atoms with E-state index in [-0.39, 0.29) is 6.61 Å². The molecule has 9 heteroatoms. The molecule has 1 heterocycles. The van der Waals surface area contributed by atoms with Gasteiger partial charge in [-0.25, -0.2) is 0 Å². The lowest BCUT2D eigenvalue weighted by Crippen LogP contribution is -2.39. The first-order valence-corrected chi connectivity index (χ1v) is 14.2. The molecule has 4 aromatic rings. The smallest absolute Gasteiger partial charge is 0.264 e. The van der Waals surface area contributed by atoms with Crippen LogP contribution in [0.3, 0.4) is 0 Å². The number of anilines is 2. The highest BCUT2D eigenvalue weighted by atomic mass is 32.2. The van der Waals surface area contributed by atoms with Crippen LogP contribution < -0.4 is 10.2 Å². The Hall–Kier alpha value is -3.95. The Bertz CT molecular complexity index is 1330. The summed E-state index contributed by atoms with van der Waals surface area (Å²) in [6.45, 7) is 0.453. The van der Waals surface area contributed by atoms with Crippen molar-refractivity contribution in [2.75, 3.05) is 29.6 Å². The van der Waals surface area contributed by atoms with Crippen molar-refractivity contribution in [2.45, 2.75) is 18.4 Å². The van der Waals surface area contributed by atoms with E-state index in [9.17, 15) is 13.2 Å². The second-order valence-electron chi connectivity index (χ2n) is 9.01. The first-order valence-electron chi connectivity index (χ1n) is 12.4.